The summed E-state index contributed by atoms with van der Waals surface area (Å²) < 4.78 is -1.61. The van der Waals surface area contributed by atoms with Crippen molar-refractivity contribution < 1.29 is 35.0 Å². The van der Waals surface area contributed by atoms with Gasteiger partial charge in [-0.15, -0.1) is 0 Å². The number of rotatable bonds is 0. The van der Waals surface area contributed by atoms with E-state index in [9.17, 15) is 0 Å². The van der Waals surface area contributed by atoms with Gasteiger partial charge in [-0.2, -0.15) is 0 Å². The van der Waals surface area contributed by atoms with Crippen molar-refractivity contribution in [3.05, 3.63) is 0 Å². The molecule has 7 heavy (non-hydrogen) atoms. The number of halogens is 4. The van der Waals surface area contributed by atoms with Gasteiger partial charge in [-0.3, -0.25) is 0 Å². The molecule has 0 radical (unpaired) electrons. The van der Waals surface area contributed by atoms with Crippen LogP contribution in [0, 0.1) is 0 Å². The Bertz CT molecular complexity index is 27.2. The first-order valence-corrected chi connectivity index (χ1v) is 2.27. The third-order valence-corrected chi connectivity index (χ3v) is 0. The van der Waals surface area contributed by atoms with E-state index >= 15 is 0 Å². The van der Waals surface area contributed by atoms with Crippen molar-refractivity contribution in [2.75, 3.05) is 0 Å². The van der Waals surface area contributed by atoms with Crippen LogP contribution in [0.1, 0.15) is 0 Å². The van der Waals surface area contributed by atoms with E-state index in [0.717, 1.165) is 0 Å². The molecule has 0 rings (SSSR count). The molecular formula is CHCl4NaO. The van der Waals surface area contributed by atoms with Crippen LogP contribution in [0.25, 0.3) is 0 Å². The molecule has 6 heteroatoms. The molecule has 0 fully saturated rings. The molecule has 40 valence electrons. The van der Waals surface area contributed by atoms with Gasteiger partial charge in [0.25, 0.3) is 3.25 Å². The minimum Gasteiger partial charge on any atom is -0.870 e. The second-order valence-corrected chi connectivity index (χ2v) is 3.86. The van der Waals surface area contributed by atoms with Crippen LogP contribution in [0.5, 0.6) is 0 Å². The molecule has 0 aliphatic rings. The molecule has 0 spiro atoms. The van der Waals surface area contributed by atoms with Crippen LogP contribution in [0.15, 0.2) is 0 Å². The maximum Gasteiger partial charge on any atom is 1.00 e. The molecule has 0 saturated heterocycles. The van der Waals surface area contributed by atoms with Gasteiger partial charge in [-0.25, -0.2) is 0 Å². The molecule has 0 aromatic heterocycles. The normalized spacial score (nSPS) is 8.57. The topological polar surface area (TPSA) is 30.0 Å². The molecule has 0 bridgehead atoms. The molecular weight excluding hydrogens is 193 g/mol. The summed E-state index contributed by atoms with van der Waals surface area (Å²) in [5.74, 6) is 0. The summed E-state index contributed by atoms with van der Waals surface area (Å²) in [4.78, 5) is 0. The van der Waals surface area contributed by atoms with Crippen LogP contribution in [0.4, 0.5) is 0 Å². The van der Waals surface area contributed by atoms with Crippen molar-refractivity contribution in [3.63, 3.8) is 0 Å². The van der Waals surface area contributed by atoms with Crippen LogP contribution in [0.2, 0.25) is 0 Å². The monoisotopic (exact) mass is 192 g/mol. The molecule has 0 aromatic rings. The Morgan fingerprint density at radius 2 is 0.857 bits per heavy atom. The summed E-state index contributed by atoms with van der Waals surface area (Å²) in [5.41, 5.74) is 0. The van der Waals surface area contributed by atoms with Gasteiger partial charge in [0.05, 0.1) is 0 Å². The van der Waals surface area contributed by atoms with Gasteiger partial charge in [0.15, 0.2) is 0 Å². The van der Waals surface area contributed by atoms with Crippen molar-refractivity contribution in [1.82, 2.24) is 0 Å². The van der Waals surface area contributed by atoms with E-state index in [2.05, 4.69) is 0 Å². The summed E-state index contributed by atoms with van der Waals surface area (Å²) in [6.45, 7) is 0. The Hall–Kier alpha value is 2.12. The summed E-state index contributed by atoms with van der Waals surface area (Å²) >= 11 is 19.3. The zero-order valence-electron chi connectivity index (χ0n) is 3.46. The minimum atomic E-state index is -1.61. The largest absolute Gasteiger partial charge is 1.00 e. The Labute approximate surface area is 83.8 Å². The van der Waals surface area contributed by atoms with Gasteiger partial charge >= 0.3 is 29.6 Å². The standard InChI is InChI=1S/CCl4.Na.H2O/c2-1(3,4)5;;/h;;1H2/q;+1;/p-1. The van der Waals surface area contributed by atoms with Gasteiger partial charge < -0.3 is 5.48 Å². The Kier molecular flexibility index (Phi) is 14.3. The van der Waals surface area contributed by atoms with E-state index < -0.39 is 3.25 Å². The summed E-state index contributed by atoms with van der Waals surface area (Å²) in [7, 11) is 0. The van der Waals surface area contributed by atoms with E-state index in [0.29, 0.717) is 0 Å². The average Bonchev–Trinajstić information content (AvgIpc) is 0.722. The van der Waals surface area contributed by atoms with Crippen molar-refractivity contribution in [3.8, 4) is 0 Å². The molecule has 0 aromatic carbocycles. The van der Waals surface area contributed by atoms with Crippen molar-refractivity contribution >= 4 is 46.4 Å². The van der Waals surface area contributed by atoms with E-state index in [1.165, 1.54) is 0 Å². The van der Waals surface area contributed by atoms with E-state index in [1.807, 2.05) is 0 Å². The summed E-state index contributed by atoms with van der Waals surface area (Å²) in [6.07, 6.45) is 0. The predicted octanol–water partition coefficient (Wildman–Crippen LogP) is -0.620. The molecule has 0 aliphatic carbocycles. The molecule has 0 saturated carbocycles. The summed E-state index contributed by atoms with van der Waals surface area (Å²) in [6, 6.07) is 0. The van der Waals surface area contributed by atoms with Crippen LogP contribution >= 0.6 is 46.4 Å². The minimum absolute atomic E-state index is 0. The second kappa shape index (κ2) is 6.24. The number of hydrogen-bond acceptors (Lipinski definition) is 1. The van der Waals surface area contributed by atoms with Gasteiger partial charge in [0.1, 0.15) is 0 Å². The Balaban J connectivity index is -0.0000000800. The fourth-order valence-corrected chi connectivity index (χ4v) is 0. The van der Waals surface area contributed by atoms with Gasteiger partial charge in [-0.05, 0) is 0 Å². The van der Waals surface area contributed by atoms with Crippen molar-refractivity contribution in [2.45, 2.75) is 3.25 Å². The van der Waals surface area contributed by atoms with Crippen LogP contribution in [-0.2, 0) is 0 Å². The first-order valence-electron chi connectivity index (χ1n) is 0.756. The Morgan fingerprint density at radius 3 is 0.857 bits per heavy atom. The SMILES string of the molecule is ClC(Cl)(Cl)Cl.[Na+].[OH-]. The van der Waals surface area contributed by atoms with E-state index in [-0.39, 0.29) is 35.0 Å². The zero-order valence-corrected chi connectivity index (χ0v) is 8.48. The second-order valence-electron chi connectivity index (χ2n) is 0.429. The molecule has 0 aliphatic heterocycles. The molecule has 0 atom stereocenters. The predicted molar refractivity (Wildman–Crippen MR) is 28.1 cm³/mol. The Morgan fingerprint density at radius 1 is 0.857 bits per heavy atom. The molecule has 1 nitrogen and oxygen atoms in total. The van der Waals surface area contributed by atoms with Gasteiger partial charge in [0, 0.05) is 0 Å². The third-order valence-electron chi connectivity index (χ3n) is 0. The van der Waals surface area contributed by atoms with Crippen LogP contribution in [-0.4, -0.2) is 8.73 Å². The van der Waals surface area contributed by atoms with Gasteiger partial charge in [0.2, 0.25) is 0 Å². The zero-order chi connectivity index (χ0) is 4.50. The smallest absolute Gasteiger partial charge is 0.870 e. The van der Waals surface area contributed by atoms with E-state index in [4.69, 9.17) is 46.4 Å². The molecule has 0 unspecified atom stereocenters. The average molecular weight is 194 g/mol. The third kappa shape index (κ3) is 67.7. The van der Waals surface area contributed by atoms with Crippen LogP contribution in [0.3, 0.4) is 0 Å². The van der Waals surface area contributed by atoms with Gasteiger partial charge in [-0.1, -0.05) is 46.4 Å². The summed E-state index contributed by atoms with van der Waals surface area (Å²) in [5, 5.41) is 0. The first-order chi connectivity index (χ1) is 2.00. The maximum absolute atomic E-state index is 4.83. The van der Waals surface area contributed by atoms with Crippen LogP contribution < -0.4 is 29.6 Å². The number of alkyl halides is 4. The molecule has 0 heterocycles. The fourth-order valence-electron chi connectivity index (χ4n) is 0. The van der Waals surface area contributed by atoms with Crippen molar-refractivity contribution in [2.24, 2.45) is 0 Å². The number of hydrogen-bond donors (Lipinski definition) is 0. The molecule has 0 amide bonds. The maximum atomic E-state index is 4.83. The molecule has 1 N–H and O–H groups in total. The fraction of sp³-hybridized carbons (Fsp3) is 1.00. The first kappa shape index (κ1) is 16.1. The quantitative estimate of drug-likeness (QED) is 0.373. The van der Waals surface area contributed by atoms with Crippen molar-refractivity contribution in [1.29, 1.82) is 0 Å². The van der Waals surface area contributed by atoms with E-state index in [1.54, 1.807) is 0 Å².